The van der Waals surface area contributed by atoms with Crippen molar-refractivity contribution in [1.82, 2.24) is 0 Å². The third-order valence-electron chi connectivity index (χ3n) is 7.55. The lowest BCUT2D eigenvalue weighted by atomic mass is 9.96. The molecule has 47 heavy (non-hydrogen) atoms. The Morgan fingerprint density at radius 3 is 1.77 bits per heavy atom. The van der Waals surface area contributed by atoms with Gasteiger partial charge in [0.2, 0.25) is 6.29 Å². The molecule has 0 bridgehead atoms. The molecule has 4 rings (SSSR count). The summed E-state index contributed by atoms with van der Waals surface area (Å²) in [5, 5.41) is 93.5. The first-order valence-electron chi connectivity index (χ1n) is 13.9. The highest BCUT2D eigenvalue weighted by Crippen LogP contribution is 2.33. The number of aliphatic carboxylic acids is 1. The summed E-state index contributed by atoms with van der Waals surface area (Å²) >= 11 is 0. The molecule has 0 radical (unpaired) electrons. The van der Waals surface area contributed by atoms with Crippen molar-refractivity contribution in [3.05, 3.63) is 24.3 Å². The number of aliphatic hydroxyl groups is 8. The van der Waals surface area contributed by atoms with Crippen LogP contribution in [0.15, 0.2) is 24.3 Å². The second-order valence-corrected chi connectivity index (χ2v) is 11.8. The molecule has 3 heterocycles. The SMILES string of the molecule is COc1ccc(O[C@@H]2O[C@H](CO)[C@H](O)[C@H](O[C@@H]3O[C@H](COS(=O)(=O)O)[C@H](O)[C@H](O[C@@H]4O[C@H](C(=O)O)[C@@H](O)[C@H](O)[C@H]4O)[C@H]3O)[C@H]2O)cc1. The van der Waals surface area contributed by atoms with E-state index in [1.165, 1.54) is 31.4 Å². The van der Waals surface area contributed by atoms with Gasteiger partial charge in [-0.05, 0) is 24.3 Å². The van der Waals surface area contributed by atoms with Crippen molar-refractivity contribution in [3.8, 4) is 11.5 Å². The first kappa shape index (κ1) is 37.5. The predicted octanol–water partition coefficient (Wildman–Crippen LogP) is -5.56. The van der Waals surface area contributed by atoms with Crippen LogP contribution in [-0.2, 0) is 43.1 Å². The number of aliphatic hydroxyl groups excluding tert-OH is 8. The van der Waals surface area contributed by atoms with E-state index in [-0.39, 0.29) is 5.75 Å². The van der Waals surface area contributed by atoms with E-state index in [2.05, 4.69) is 4.18 Å². The van der Waals surface area contributed by atoms with Gasteiger partial charge in [0.15, 0.2) is 18.7 Å². The van der Waals surface area contributed by atoms with E-state index in [1.807, 2.05) is 0 Å². The van der Waals surface area contributed by atoms with Crippen molar-refractivity contribution >= 4 is 16.4 Å². The van der Waals surface area contributed by atoms with Crippen molar-refractivity contribution < 1.29 is 101 Å². The van der Waals surface area contributed by atoms with E-state index < -0.39 is 122 Å². The van der Waals surface area contributed by atoms with Crippen molar-refractivity contribution in [2.45, 2.75) is 92.1 Å². The summed E-state index contributed by atoms with van der Waals surface area (Å²) in [7, 11) is -3.70. The number of methoxy groups -OCH3 is 1. The summed E-state index contributed by atoms with van der Waals surface area (Å²) in [5.74, 6) is -1.16. The second-order valence-electron chi connectivity index (χ2n) is 10.7. The Hall–Kier alpha value is -2.36. The van der Waals surface area contributed by atoms with Gasteiger partial charge in [-0.1, -0.05) is 0 Å². The fraction of sp³-hybridized carbons (Fsp3) is 0.720. The highest BCUT2D eigenvalue weighted by molar-refractivity contribution is 7.80. The number of carbonyl (C=O) groups is 1. The highest BCUT2D eigenvalue weighted by atomic mass is 32.3. The predicted molar refractivity (Wildman–Crippen MR) is 144 cm³/mol. The molecule has 0 aromatic heterocycles. The van der Waals surface area contributed by atoms with Gasteiger partial charge in [0.25, 0.3) is 0 Å². The summed E-state index contributed by atoms with van der Waals surface area (Å²) in [4.78, 5) is 11.5. The highest BCUT2D eigenvalue weighted by Gasteiger charge is 2.55. The molecule has 3 fully saturated rings. The number of rotatable bonds is 12. The van der Waals surface area contributed by atoms with Crippen LogP contribution in [-0.4, -0.2) is 177 Å². The zero-order valence-electron chi connectivity index (χ0n) is 24.3. The Balaban J connectivity index is 1.59. The van der Waals surface area contributed by atoms with E-state index in [4.69, 9.17) is 37.7 Å². The van der Waals surface area contributed by atoms with E-state index in [1.54, 1.807) is 0 Å². The van der Waals surface area contributed by atoms with Gasteiger partial charge < -0.3 is 79.1 Å². The fourth-order valence-electron chi connectivity index (χ4n) is 5.04. The molecule has 0 spiro atoms. The zero-order chi connectivity index (χ0) is 34.8. The first-order valence-corrected chi connectivity index (χ1v) is 15.2. The van der Waals surface area contributed by atoms with Gasteiger partial charge in [-0.15, -0.1) is 0 Å². The van der Waals surface area contributed by atoms with E-state index in [9.17, 15) is 59.2 Å². The largest absolute Gasteiger partial charge is 0.497 e. The van der Waals surface area contributed by atoms with Crippen LogP contribution in [0.25, 0.3) is 0 Å². The fourth-order valence-corrected chi connectivity index (χ4v) is 5.35. The summed E-state index contributed by atoms with van der Waals surface area (Å²) in [6.07, 6.45) is -29.6. The maximum absolute atomic E-state index is 11.5. The monoisotopic (exact) mass is 704 g/mol. The Bertz CT molecular complexity index is 1280. The Kier molecular flexibility index (Phi) is 12.3. The number of benzene rings is 1. The Labute approximate surface area is 265 Å². The molecule has 3 aliphatic heterocycles. The molecule has 22 heteroatoms. The van der Waals surface area contributed by atoms with Crippen LogP contribution in [0.1, 0.15) is 0 Å². The van der Waals surface area contributed by atoms with Gasteiger partial charge >= 0.3 is 16.4 Å². The number of ether oxygens (including phenoxy) is 7. The molecular weight excluding hydrogens is 668 g/mol. The van der Waals surface area contributed by atoms with Gasteiger partial charge in [0, 0.05) is 0 Å². The molecule has 3 saturated heterocycles. The number of carboxylic acids is 1. The summed E-state index contributed by atoms with van der Waals surface area (Å²) in [6, 6.07) is 5.95. The molecule has 3 aliphatic rings. The van der Waals surface area contributed by atoms with Gasteiger partial charge in [0.05, 0.1) is 20.3 Å². The zero-order valence-corrected chi connectivity index (χ0v) is 25.1. The quantitative estimate of drug-likeness (QED) is 0.0907. The second kappa shape index (κ2) is 15.5. The summed E-state index contributed by atoms with van der Waals surface area (Å²) < 4.78 is 73.4. The van der Waals surface area contributed by atoms with E-state index in [0.717, 1.165) is 0 Å². The topological polar surface area (TPSA) is 327 Å². The minimum Gasteiger partial charge on any atom is -0.497 e. The molecule has 268 valence electrons. The lowest BCUT2D eigenvalue weighted by Crippen LogP contribution is -2.67. The van der Waals surface area contributed by atoms with Crippen LogP contribution in [0.2, 0.25) is 0 Å². The minimum atomic E-state index is -5.13. The van der Waals surface area contributed by atoms with Crippen LogP contribution in [0.5, 0.6) is 11.5 Å². The minimum absolute atomic E-state index is 0.146. The van der Waals surface area contributed by atoms with Crippen LogP contribution >= 0.6 is 0 Å². The average Bonchev–Trinajstić information content (AvgIpc) is 3.02. The Morgan fingerprint density at radius 1 is 0.723 bits per heavy atom. The number of carboxylic acid groups (broad SMARTS) is 1. The summed E-state index contributed by atoms with van der Waals surface area (Å²) in [6.45, 7) is -1.98. The standard InChI is InChI=1S/C25H36O21S/c1-39-8-2-4-9(5-3-8)41-24-17(32)19(12(27)10(6-26)42-24)45-25-18(33)20(13(28)11(43-25)7-40-47(36,37)38)44-23-16(31)14(29)15(30)21(46-23)22(34)35/h2-5,10-21,23-33H,6-7H2,1H3,(H,34,35)(H,36,37,38)/t10-,11-,12+,13+,14+,15+,16-,17-,18-,19+,20+,21+,23-,24-,25+/m1/s1. The van der Waals surface area contributed by atoms with Crippen molar-refractivity contribution in [2.24, 2.45) is 0 Å². The molecule has 1 aromatic carbocycles. The molecule has 15 atom stereocenters. The van der Waals surface area contributed by atoms with Gasteiger partial charge in [-0.3, -0.25) is 4.55 Å². The molecule has 21 nitrogen and oxygen atoms in total. The molecule has 0 aliphatic carbocycles. The summed E-state index contributed by atoms with van der Waals surface area (Å²) in [5.41, 5.74) is 0. The molecule has 1 aromatic rings. The van der Waals surface area contributed by atoms with Crippen LogP contribution in [0.4, 0.5) is 0 Å². The normalized spacial score (nSPS) is 41.3. The van der Waals surface area contributed by atoms with Crippen LogP contribution in [0.3, 0.4) is 0 Å². The third kappa shape index (κ3) is 8.63. The molecule has 10 N–H and O–H groups in total. The van der Waals surface area contributed by atoms with E-state index in [0.29, 0.717) is 5.75 Å². The lowest BCUT2D eigenvalue weighted by molar-refractivity contribution is -0.375. The number of hydrogen-bond donors (Lipinski definition) is 10. The molecule has 0 unspecified atom stereocenters. The van der Waals surface area contributed by atoms with Crippen LogP contribution in [0, 0.1) is 0 Å². The van der Waals surface area contributed by atoms with Crippen molar-refractivity contribution in [1.29, 1.82) is 0 Å². The smallest absolute Gasteiger partial charge is 0.397 e. The third-order valence-corrected chi connectivity index (χ3v) is 7.99. The maximum Gasteiger partial charge on any atom is 0.397 e. The molecular formula is C25H36O21S. The van der Waals surface area contributed by atoms with Crippen molar-refractivity contribution in [3.63, 3.8) is 0 Å². The molecule has 0 saturated carbocycles. The lowest BCUT2D eigenvalue weighted by Gasteiger charge is -2.48. The van der Waals surface area contributed by atoms with Crippen molar-refractivity contribution in [2.75, 3.05) is 20.3 Å². The first-order chi connectivity index (χ1) is 22.1. The average molecular weight is 705 g/mol. The Morgan fingerprint density at radius 2 is 1.23 bits per heavy atom. The molecule has 0 amide bonds. The van der Waals surface area contributed by atoms with Crippen LogP contribution < -0.4 is 9.47 Å². The van der Waals surface area contributed by atoms with Gasteiger partial charge in [-0.25, -0.2) is 8.98 Å². The number of hydrogen-bond acceptors (Lipinski definition) is 19. The maximum atomic E-state index is 11.5. The van der Waals surface area contributed by atoms with Gasteiger partial charge in [0.1, 0.15) is 78.6 Å². The van der Waals surface area contributed by atoms with Gasteiger partial charge in [-0.2, -0.15) is 8.42 Å². The van der Waals surface area contributed by atoms with E-state index >= 15 is 0 Å².